The van der Waals surface area contributed by atoms with E-state index in [1.807, 2.05) is 13.8 Å². The van der Waals surface area contributed by atoms with Crippen molar-refractivity contribution >= 4 is 5.82 Å². The third-order valence-electron chi connectivity index (χ3n) is 1.53. The Kier molecular flexibility index (Phi) is 2.47. The fourth-order valence-electron chi connectivity index (χ4n) is 0.901. The smallest absolute Gasteiger partial charge is 0.221 e. The highest BCUT2D eigenvalue weighted by molar-refractivity contribution is 5.44. The molecule has 0 bridgehead atoms. The Bertz CT molecular complexity index is 286. The van der Waals surface area contributed by atoms with Gasteiger partial charge in [0.2, 0.25) is 5.88 Å². The highest BCUT2D eigenvalue weighted by Gasteiger charge is 2.06. The van der Waals surface area contributed by atoms with Crippen LogP contribution < -0.4 is 10.5 Å². The number of hydrogen-bond acceptors (Lipinski definition) is 4. The molecule has 0 saturated heterocycles. The molecule has 0 aliphatic heterocycles. The van der Waals surface area contributed by atoms with E-state index in [0.717, 1.165) is 5.56 Å². The maximum atomic E-state index is 5.62. The van der Waals surface area contributed by atoms with Crippen LogP contribution in [-0.4, -0.2) is 16.6 Å². The number of nitrogens with zero attached hydrogens (tertiary/aromatic N) is 2. The molecule has 66 valence electrons. The average Bonchev–Trinajstić information content (AvgIpc) is 2.00. The summed E-state index contributed by atoms with van der Waals surface area (Å²) in [6.07, 6.45) is 0. The van der Waals surface area contributed by atoms with E-state index in [1.165, 1.54) is 0 Å². The molecule has 4 heteroatoms. The molecule has 0 aliphatic carbocycles. The van der Waals surface area contributed by atoms with E-state index in [0.29, 0.717) is 24.1 Å². The van der Waals surface area contributed by atoms with Crippen LogP contribution in [0.25, 0.3) is 0 Å². The molecule has 1 rings (SSSR count). The third-order valence-corrected chi connectivity index (χ3v) is 1.53. The molecule has 1 heterocycles. The van der Waals surface area contributed by atoms with Crippen LogP contribution in [0.2, 0.25) is 0 Å². The third kappa shape index (κ3) is 1.64. The van der Waals surface area contributed by atoms with Gasteiger partial charge in [-0.1, -0.05) is 0 Å². The molecule has 0 atom stereocenters. The van der Waals surface area contributed by atoms with Gasteiger partial charge in [-0.25, -0.2) is 4.98 Å². The van der Waals surface area contributed by atoms with Gasteiger partial charge in [0.15, 0.2) is 0 Å². The summed E-state index contributed by atoms with van der Waals surface area (Å²) in [6, 6.07) is 0. The number of anilines is 1. The Labute approximate surface area is 71.8 Å². The Morgan fingerprint density at radius 2 is 2.00 bits per heavy atom. The van der Waals surface area contributed by atoms with Gasteiger partial charge in [0.25, 0.3) is 0 Å². The van der Waals surface area contributed by atoms with Crippen molar-refractivity contribution in [2.75, 3.05) is 12.3 Å². The fourth-order valence-corrected chi connectivity index (χ4v) is 0.901. The van der Waals surface area contributed by atoms with Gasteiger partial charge in [0, 0.05) is 0 Å². The summed E-state index contributed by atoms with van der Waals surface area (Å²) in [6.45, 7) is 6.14. The number of nitrogens with two attached hydrogens (primary N) is 1. The molecule has 2 N–H and O–H groups in total. The van der Waals surface area contributed by atoms with Gasteiger partial charge in [-0.15, -0.1) is 0 Å². The molecule has 0 aliphatic rings. The second-order valence-corrected chi connectivity index (χ2v) is 2.52. The van der Waals surface area contributed by atoms with E-state index in [4.69, 9.17) is 10.5 Å². The molecule has 0 radical (unpaired) electrons. The first kappa shape index (κ1) is 8.77. The second-order valence-electron chi connectivity index (χ2n) is 2.52. The molecule has 0 amide bonds. The van der Waals surface area contributed by atoms with Gasteiger partial charge in [0.1, 0.15) is 11.6 Å². The van der Waals surface area contributed by atoms with Crippen LogP contribution in [0.15, 0.2) is 0 Å². The number of hydrogen-bond donors (Lipinski definition) is 1. The van der Waals surface area contributed by atoms with Crippen LogP contribution in [0.5, 0.6) is 5.88 Å². The lowest BCUT2D eigenvalue weighted by atomic mass is 10.3. The summed E-state index contributed by atoms with van der Waals surface area (Å²) in [4.78, 5) is 8.11. The van der Waals surface area contributed by atoms with E-state index in [9.17, 15) is 0 Å². The number of aryl methyl sites for hydroxylation is 1. The minimum Gasteiger partial charge on any atom is -0.478 e. The summed E-state index contributed by atoms with van der Waals surface area (Å²) in [5.41, 5.74) is 6.43. The minimum atomic E-state index is 0.492. The lowest BCUT2D eigenvalue weighted by molar-refractivity contribution is 0.323. The zero-order valence-electron chi connectivity index (χ0n) is 7.59. The minimum absolute atomic E-state index is 0.492. The van der Waals surface area contributed by atoms with Gasteiger partial charge < -0.3 is 10.5 Å². The maximum Gasteiger partial charge on any atom is 0.221 e. The zero-order chi connectivity index (χ0) is 9.14. The van der Waals surface area contributed by atoms with Gasteiger partial charge in [0.05, 0.1) is 12.2 Å². The topological polar surface area (TPSA) is 61.0 Å². The van der Waals surface area contributed by atoms with Crippen LogP contribution in [0.1, 0.15) is 18.3 Å². The molecule has 0 aromatic carbocycles. The zero-order valence-corrected chi connectivity index (χ0v) is 7.59. The summed E-state index contributed by atoms with van der Waals surface area (Å²) >= 11 is 0. The summed E-state index contributed by atoms with van der Waals surface area (Å²) in [5.74, 6) is 1.72. The summed E-state index contributed by atoms with van der Waals surface area (Å²) < 4.78 is 5.27. The monoisotopic (exact) mass is 167 g/mol. The molecule has 1 aromatic heterocycles. The number of aromatic nitrogens is 2. The first-order chi connectivity index (χ1) is 5.65. The largest absolute Gasteiger partial charge is 0.478 e. The molecule has 1 aromatic rings. The van der Waals surface area contributed by atoms with Crippen molar-refractivity contribution in [2.45, 2.75) is 20.8 Å². The Balaban J connectivity index is 3.09. The predicted octanol–water partition coefficient (Wildman–Crippen LogP) is 1.07. The van der Waals surface area contributed by atoms with Crippen molar-refractivity contribution < 1.29 is 4.74 Å². The van der Waals surface area contributed by atoms with Crippen LogP contribution in [0, 0.1) is 13.8 Å². The SMILES string of the molecule is CCOc1nc(C)nc(N)c1C. The lowest BCUT2D eigenvalue weighted by Gasteiger charge is -2.07. The average molecular weight is 167 g/mol. The Hall–Kier alpha value is -1.32. The van der Waals surface area contributed by atoms with E-state index in [2.05, 4.69) is 9.97 Å². The number of rotatable bonds is 2. The molecule has 0 fully saturated rings. The van der Waals surface area contributed by atoms with Crippen molar-refractivity contribution in [3.05, 3.63) is 11.4 Å². The number of nitrogen functional groups attached to an aromatic ring is 1. The van der Waals surface area contributed by atoms with Gasteiger partial charge in [-0.2, -0.15) is 4.98 Å². The molecule has 4 nitrogen and oxygen atoms in total. The van der Waals surface area contributed by atoms with Crippen molar-refractivity contribution in [1.29, 1.82) is 0 Å². The van der Waals surface area contributed by atoms with Gasteiger partial charge >= 0.3 is 0 Å². The first-order valence-electron chi connectivity index (χ1n) is 3.88. The molecular formula is C8H13N3O. The van der Waals surface area contributed by atoms with Crippen molar-refractivity contribution in [1.82, 2.24) is 9.97 Å². The quantitative estimate of drug-likeness (QED) is 0.715. The van der Waals surface area contributed by atoms with E-state index in [1.54, 1.807) is 6.92 Å². The van der Waals surface area contributed by atoms with Crippen molar-refractivity contribution in [2.24, 2.45) is 0 Å². The van der Waals surface area contributed by atoms with Crippen molar-refractivity contribution in [3.63, 3.8) is 0 Å². The lowest BCUT2D eigenvalue weighted by Crippen LogP contribution is -2.04. The van der Waals surface area contributed by atoms with Gasteiger partial charge in [-0.05, 0) is 20.8 Å². The highest BCUT2D eigenvalue weighted by atomic mass is 16.5. The molecule has 0 saturated carbocycles. The Morgan fingerprint density at radius 1 is 1.33 bits per heavy atom. The van der Waals surface area contributed by atoms with Gasteiger partial charge in [-0.3, -0.25) is 0 Å². The van der Waals surface area contributed by atoms with Crippen LogP contribution in [0.4, 0.5) is 5.82 Å². The first-order valence-corrected chi connectivity index (χ1v) is 3.88. The van der Waals surface area contributed by atoms with Crippen LogP contribution >= 0.6 is 0 Å². The van der Waals surface area contributed by atoms with Crippen LogP contribution in [0.3, 0.4) is 0 Å². The second kappa shape index (κ2) is 3.38. The molecule has 0 spiro atoms. The highest BCUT2D eigenvalue weighted by Crippen LogP contribution is 2.18. The van der Waals surface area contributed by atoms with Crippen molar-refractivity contribution in [3.8, 4) is 5.88 Å². The fraction of sp³-hybridized carbons (Fsp3) is 0.500. The molecular weight excluding hydrogens is 154 g/mol. The van der Waals surface area contributed by atoms with E-state index >= 15 is 0 Å². The van der Waals surface area contributed by atoms with E-state index < -0.39 is 0 Å². The Morgan fingerprint density at radius 3 is 2.58 bits per heavy atom. The molecule has 0 unspecified atom stereocenters. The number of ether oxygens (including phenoxy) is 1. The predicted molar refractivity (Wildman–Crippen MR) is 47.1 cm³/mol. The normalized spacial score (nSPS) is 9.92. The van der Waals surface area contributed by atoms with Crippen LogP contribution in [-0.2, 0) is 0 Å². The van der Waals surface area contributed by atoms with E-state index in [-0.39, 0.29) is 0 Å². The summed E-state index contributed by atoms with van der Waals surface area (Å²) in [5, 5.41) is 0. The molecule has 12 heavy (non-hydrogen) atoms. The summed E-state index contributed by atoms with van der Waals surface area (Å²) in [7, 11) is 0. The standard InChI is InChI=1S/C8H13N3O/c1-4-12-8-5(2)7(9)10-6(3)11-8/h4H2,1-3H3,(H2,9,10,11). The maximum absolute atomic E-state index is 5.62.